The Morgan fingerprint density at radius 1 is 1.29 bits per heavy atom. The van der Waals surface area contributed by atoms with Crippen molar-refractivity contribution in [2.24, 2.45) is 7.05 Å². The van der Waals surface area contributed by atoms with E-state index in [1.54, 1.807) is 30.3 Å². The molecule has 0 aliphatic carbocycles. The molecule has 1 aromatic carbocycles. The van der Waals surface area contributed by atoms with Gasteiger partial charge in [-0.05, 0) is 5.56 Å². The Balaban J connectivity index is 2.62. The smallest absolute Gasteiger partial charge is 0.350 e. The Morgan fingerprint density at radius 3 is 2.46 bits per heavy atom. The van der Waals surface area contributed by atoms with E-state index in [1.165, 1.54) is 0 Å². The lowest BCUT2D eigenvalue weighted by Gasteiger charge is -2.18. The molecule has 24 heavy (non-hydrogen) atoms. The molecular weight excluding hydrogens is 318 g/mol. The molecule has 0 N–H and O–H groups in total. The van der Waals surface area contributed by atoms with Crippen molar-refractivity contribution in [3.8, 4) is 0 Å². The summed E-state index contributed by atoms with van der Waals surface area (Å²) in [5.74, 6) is -0.742. The van der Waals surface area contributed by atoms with Gasteiger partial charge in [-0.2, -0.15) is 0 Å². The van der Waals surface area contributed by atoms with Crippen LogP contribution in [0.5, 0.6) is 0 Å². The molecule has 2 aromatic rings. The van der Waals surface area contributed by atoms with Crippen LogP contribution in [0, 0.1) is 10.1 Å². The van der Waals surface area contributed by atoms with Crippen LogP contribution in [0.25, 0.3) is 0 Å². The summed E-state index contributed by atoms with van der Waals surface area (Å²) in [6.07, 6.45) is 0.873. The second-order valence-electron chi connectivity index (χ2n) is 5.05. The molecule has 0 fully saturated rings. The normalized spacial score (nSPS) is 11.8. The predicted molar refractivity (Wildman–Crippen MR) is 83.8 cm³/mol. The van der Waals surface area contributed by atoms with Crippen molar-refractivity contribution in [3.05, 3.63) is 73.0 Å². The molecule has 0 radical (unpaired) electrons. The summed E-state index contributed by atoms with van der Waals surface area (Å²) in [4.78, 5) is 46.3. The molecule has 9 nitrogen and oxygen atoms in total. The van der Waals surface area contributed by atoms with Crippen molar-refractivity contribution in [3.63, 3.8) is 0 Å². The van der Waals surface area contributed by atoms with E-state index in [0.29, 0.717) is 4.57 Å². The number of esters is 1. The van der Waals surface area contributed by atoms with Gasteiger partial charge in [0, 0.05) is 13.5 Å². The summed E-state index contributed by atoms with van der Waals surface area (Å²) in [7, 11) is 2.27. The Hall–Kier alpha value is -3.23. The highest BCUT2D eigenvalue weighted by molar-refractivity contribution is 5.74. The zero-order chi connectivity index (χ0) is 17.9. The Labute approximate surface area is 135 Å². The van der Waals surface area contributed by atoms with Crippen molar-refractivity contribution in [1.29, 1.82) is 0 Å². The molecule has 0 aliphatic rings. The highest BCUT2D eigenvalue weighted by atomic mass is 16.6. The molecule has 1 heterocycles. The first-order valence-corrected chi connectivity index (χ1v) is 6.95. The Bertz CT molecular complexity index is 884. The van der Waals surface area contributed by atoms with Gasteiger partial charge < -0.3 is 4.74 Å². The zero-order valence-corrected chi connectivity index (χ0v) is 13.0. The number of rotatable bonds is 5. The third-order valence-electron chi connectivity index (χ3n) is 3.57. The quantitative estimate of drug-likeness (QED) is 0.445. The third kappa shape index (κ3) is 3.24. The van der Waals surface area contributed by atoms with E-state index in [-0.39, 0.29) is 6.42 Å². The van der Waals surface area contributed by atoms with Gasteiger partial charge in [-0.25, -0.2) is 9.59 Å². The van der Waals surface area contributed by atoms with Crippen molar-refractivity contribution in [1.82, 2.24) is 9.13 Å². The van der Waals surface area contributed by atoms with E-state index in [0.717, 1.165) is 30.5 Å². The summed E-state index contributed by atoms with van der Waals surface area (Å²) >= 11 is 0. The lowest BCUT2D eigenvalue weighted by molar-refractivity contribution is -0.387. The molecule has 0 spiro atoms. The maximum absolute atomic E-state index is 12.3. The number of carbonyl (C=O) groups excluding carboxylic acids is 1. The van der Waals surface area contributed by atoms with E-state index < -0.39 is 33.9 Å². The number of ether oxygens (including phenoxy) is 1. The largest absolute Gasteiger partial charge is 0.467 e. The predicted octanol–water partition coefficient (Wildman–Crippen LogP) is 0.412. The molecule has 0 amide bonds. The minimum Gasteiger partial charge on any atom is -0.467 e. The number of hydrogen-bond acceptors (Lipinski definition) is 6. The Kier molecular flexibility index (Phi) is 4.93. The summed E-state index contributed by atoms with van der Waals surface area (Å²) in [6, 6.07) is 7.68. The fourth-order valence-electron chi connectivity index (χ4n) is 2.29. The first-order chi connectivity index (χ1) is 11.4. The molecule has 9 heteroatoms. The van der Waals surface area contributed by atoms with Crippen LogP contribution in [0.15, 0.2) is 46.1 Å². The first kappa shape index (κ1) is 17.1. The number of nitrogens with zero attached hydrogens (tertiary/aromatic N) is 3. The van der Waals surface area contributed by atoms with E-state index >= 15 is 0 Å². The number of methoxy groups -OCH3 is 1. The summed E-state index contributed by atoms with van der Waals surface area (Å²) in [5, 5.41) is 11.0. The van der Waals surface area contributed by atoms with Crippen molar-refractivity contribution >= 4 is 11.7 Å². The van der Waals surface area contributed by atoms with Crippen LogP contribution in [0.3, 0.4) is 0 Å². The number of hydrogen-bond donors (Lipinski definition) is 0. The molecule has 2 rings (SSSR count). The lowest BCUT2D eigenvalue weighted by Crippen LogP contribution is -2.42. The van der Waals surface area contributed by atoms with Gasteiger partial charge in [-0.1, -0.05) is 30.3 Å². The number of nitro groups is 1. The molecule has 126 valence electrons. The molecular formula is C15H15N3O6. The molecule has 0 saturated carbocycles. The maximum atomic E-state index is 12.3. The SMILES string of the molecule is COC(=O)[C@H](Cc1ccccc1)n1cc([N+](=O)[O-])c(=O)n(C)c1=O. The second-order valence-corrected chi connectivity index (χ2v) is 5.05. The van der Waals surface area contributed by atoms with Gasteiger partial charge in [0.1, 0.15) is 6.04 Å². The van der Waals surface area contributed by atoms with Crippen molar-refractivity contribution in [2.75, 3.05) is 7.11 Å². The minimum atomic E-state index is -1.13. The molecule has 1 aromatic heterocycles. The van der Waals surface area contributed by atoms with Crippen LogP contribution in [-0.2, 0) is 23.0 Å². The molecule has 0 bridgehead atoms. The highest BCUT2D eigenvalue weighted by Crippen LogP contribution is 2.16. The number of benzene rings is 1. The number of carbonyl (C=O) groups is 1. The van der Waals surface area contributed by atoms with Crippen LogP contribution >= 0.6 is 0 Å². The highest BCUT2D eigenvalue weighted by Gasteiger charge is 2.27. The van der Waals surface area contributed by atoms with Crippen molar-refractivity contribution < 1.29 is 14.5 Å². The van der Waals surface area contributed by atoms with Gasteiger partial charge in [0.05, 0.1) is 18.2 Å². The van der Waals surface area contributed by atoms with Gasteiger partial charge in [0.15, 0.2) is 0 Å². The van der Waals surface area contributed by atoms with E-state index in [9.17, 15) is 24.5 Å². The standard InChI is InChI=1S/C15H15N3O6/c1-16-13(19)12(18(22)23)9-17(15(16)21)11(14(20)24-2)8-10-6-4-3-5-7-10/h3-7,9,11H,8H2,1-2H3/t11-/m0/s1. The van der Waals surface area contributed by atoms with Gasteiger partial charge in [-0.15, -0.1) is 0 Å². The average Bonchev–Trinajstić information content (AvgIpc) is 2.58. The summed E-state index contributed by atoms with van der Waals surface area (Å²) < 4.78 is 6.16. The van der Waals surface area contributed by atoms with Gasteiger partial charge in [0.2, 0.25) is 0 Å². The third-order valence-corrected chi connectivity index (χ3v) is 3.57. The van der Waals surface area contributed by atoms with Gasteiger partial charge in [0.25, 0.3) is 0 Å². The molecule has 0 unspecified atom stereocenters. The minimum absolute atomic E-state index is 0.0861. The van der Waals surface area contributed by atoms with Crippen LogP contribution in [0.1, 0.15) is 11.6 Å². The first-order valence-electron chi connectivity index (χ1n) is 6.95. The van der Waals surface area contributed by atoms with E-state index in [4.69, 9.17) is 4.74 Å². The lowest BCUT2D eigenvalue weighted by atomic mass is 10.1. The van der Waals surface area contributed by atoms with Crippen LogP contribution in [0.4, 0.5) is 5.69 Å². The van der Waals surface area contributed by atoms with Gasteiger partial charge >= 0.3 is 22.9 Å². The average molecular weight is 333 g/mol. The van der Waals surface area contributed by atoms with Crippen molar-refractivity contribution in [2.45, 2.75) is 12.5 Å². The fourth-order valence-corrected chi connectivity index (χ4v) is 2.29. The summed E-state index contributed by atoms with van der Waals surface area (Å²) in [6.45, 7) is 0. The molecule has 0 aliphatic heterocycles. The van der Waals surface area contributed by atoms with E-state index in [1.807, 2.05) is 0 Å². The van der Waals surface area contributed by atoms with Crippen LogP contribution < -0.4 is 11.2 Å². The maximum Gasteiger partial charge on any atom is 0.350 e. The zero-order valence-electron chi connectivity index (χ0n) is 13.0. The Morgan fingerprint density at radius 2 is 1.92 bits per heavy atom. The van der Waals surface area contributed by atoms with E-state index in [2.05, 4.69) is 0 Å². The number of aromatic nitrogens is 2. The fraction of sp³-hybridized carbons (Fsp3) is 0.267. The van der Waals surface area contributed by atoms with Crippen LogP contribution in [-0.4, -0.2) is 27.1 Å². The summed E-state index contributed by atoms with van der Waals surface area (Å²) in [5.41, 5.74) is -1.93. The van der Waals surface area contributed by atoms with Gasteiger partial charge in [-0.3, -0.25) is 24.0 Å². The molecule has 1 atom stereocenters. The second kappa shape index (κ2) is 6.90. The molecule has 0 saturated heterocycles. The van der Waals surface area contributed by atoms with Crippen LogP contribution in [0.2, 0.25) is 0 Å². The topological polar surface area (TPSA) is 113 Å². The monoisotopic (exact) mass is 333 g/mol.